The number of nitrogens with zero attached hydrogens (tertiary/aromatic N) is 2. The zero-order valence-corrected chi connectivity index (χ0v) is 15.9. The molecule has 0 saturated heterocycles. The van der Waals surface area contributed by atoms with Gasteiger partial charge in [-0.1, -0.05) is 13.8 Å². The van der Waals surface area contributed by atoms with Gasteiger partial charge in [-0.05, 0) is 47.0 Å². The minimum atomic E-state index is -3.60. The molecule has 0 aliphatic heterocycles. The van der Waals surface area contributed by atoms with E-state index in [1.807, 2.05) is 13.8 Å². The molecule has 0 radical (unpaired) electrons. The van der Waals surface area contributed by atoms with Crippen LogP contribution in [0.3, 0.4) is 0 Å². The molecule has 0 aromatic heterocycles. The Morgan fingerprint density at radius 1 is 1.14 bits per heavy atom. The van der Waals surface area contributed by atoms with Crippen LogP contribution in [-0.4, -0.2) is 50.7 Å². The first kappa shape index (κ1) is 19.1. The van der Waals surface area contributed by atoms with Gasteiger partial charge in [-0.3, -0.25) is 4.79 Å². The number of amides is 1. The second kappa shape index (κ2) is 8.08. The van der Waals surface area contributed by atoms with Crippen LogP contribution in [0.5, 0.6) is 0 Å². The fraction of sp³-hybridized carbons (Fsp3) is 0.533. The van der Waals surface area contributed by atoms with E-state index in [1.54, 1.807) is 17.0 Å². The second-order valence-corrected chi connectivity index (χ2v) is 8.20. The smallest absolute Gasteiger partial charge is 0.253 e. The van der Waals surface area contributed by atoms with Gasteiger partial charge in [-0.25, -0.2) is 12.7 Å². The maximum atomic E-state index is 12.6. The van der Waals surface area contributed by atoms with Gasteiger partial charge in [0.05, 0.1) is 4.90 Å². The summed E-state index contributed by atoms with van der Waals surface area (Å²) >= 11 is 3.25. The minimum absolute atomic E-state index is 0.108. The predicted octanol–water partition coefficient (Wildman–Crippen LogP) is 2.96. The molecule has 0 aliphatic carbocycles. The Bertz CT molecular complexity index is 624. The quantitative estimate of drug-likeness (QED) is 0.718. The lowest BCUT2D eigenvalue weighted by atomic mass is 10.2. The van der Waals surface area contributed by atoms with Gasteiger partial charge in [0.25, 0.3) is 5.91 Å². The third-order valence-corrected chi connectivity index (χ3v) is 6.02. The van der Waals surface area contributed by atoms with Crippen molar-refractivity contribution < 1.29 is 13.2 Å². The molecule has 0 bridgehead atoms. The molecule has 0 heterocycles. The normalized spacial score (nSPS) is 11.7. The SMILES string of the molecule is CCCN(CCC)C(=O)c1ccc(Br)c(S(=O)(=O)N(C)C)c1. The average Bonchev–Trinajstić information content (AvgIpc) is 2.46. The van der Waals surface area contributed by atoms with Crippen LogP contribution < -0.4 is 0 Å². The summed E-state index contributed by atoms with van der Waals surface area (Å²) in [5.41, 5.74) is 0.394. The highest BCUT2D eigenvalue weighted by Gasteiger charge is 2.23. The molecule has 0 N–H and O–H groups in total. The van der Waals surface area contributed by atoms with Crippen molar-refractivity contribution >= 4 is 31.9 Å². The highest BCUT2D eigenvalue weighted by molar-refractivity contribution is 9.10. The first-order valence-electron chi connectivity index (χ1n) is 7.27. The van der Waals surface area contributed by atoms with Crippen molar-refractivity contribution in [3.8, 4) is 0 Å². The lowest BCUT2D eigenvalue weighted by molar-refractivity contribution is 0.0755. The van der Waals surface area contributed by atoms with Crippen molar-refractivity contribution in [1.82, 2.24) is 9.21 Å². The van der Waals surface area contributed by atoms with Gasteiger partial charge < -0.3 is 4.90 Å². The summed E-state index contributed by atoms with van der Waals surface area (Å²) in [6, 6.07) is 4.71. The monoisotopic (exact) mass is 390 g/mol. The summed E-state index contributed by atoms with van der Waals surface area (Å²) in [6.45, 7) is 5.36. The summed E-state index contributed by atoms with van der Waals surface area (Å²) in [4.78, 5) is 14.5. The molecule has 22 heavy (non-hydrogen) atoms. The van der Waals surface area contributed by atoms with Crippen molar-refractivity contribution in [2.75, 3.05) is 27.2 Å². The standard InChI is InChI=1S/C15H23BrN2O3S/c1-5-9-18(10-6-2)15(19)12-7-8-13(16)14(11-12)22(20,21)17(3)4/h7-8,11H,5-6,9-10H2,1-4H3. The average molecular weight is 391 g/mol. The van der Waals surface area contributed by atoms with Gasteiger partial charge in [0, 0.05) is 37.2 Å². The minimum Gasteiger partial charge on any atom is -0.339 e. The lowest BCUT2D eigenvalue weighted by Crippen LogP contribution is -2.32. The summed E-state index contributed by atoms with van der Waals surface area (Å²) < 4.78 is 26.2. The van der Waals surface area contributed by atoms with Crippen LogP contribution in [0.15, 0.2) is 27.6 Å². The lowest BCUT2D eigenvalue weighted by Gasteiger charge is -2.22. The summed E-state index contributed by atoms with van der Waals surface area (Å²) in [7, 11) is -0.660. The predicted molar refractivity (Wildman–Crippen MR) is 91.5 cm³/mol. The topological polar surface area (TPSA) is 57.7 Å². The summed E-state index contributed by atoms with van der Waals surface area (Å²) in [5.74, 6) is -0.133. The molecule has 0 aliphatic rings. The van der Waals surface area contributed by atoms with Gasteiger partial charge in [-0.15, -0.1) is 0 Å². The first-order chi connectivity index (χ1) is 10.3. The van der Waals surface area contributed by atoms with Crippen LogP contribution >= 0.6 is 15.9 Å². The van der Waals surface area contributed by atoms with E-state index in [4.69, 9.17) is 0 Å². The fourth-order valence-electron chi connectivity index (χ4n) is 2.07. The van der Waals surface area contributed by atoms with Gasteiger partial charge in [-0.2, -0.15) is 0 Å². The van der Waals surface area contributed by atoms with Crippen molar-refractivity contribution in [1.29, 1.82) is 0 Å². The van der Waals surface area contributed by atoms with Crippen molar-refractivity contribution in [2.45, 2.75) is 31.6 Å². The number of hydrogen-bond donors (Lipinski definition) is 0. The zero-order chi connectivity index (χ0) is 16.9. The van der Waals surface area contributed by atoms with E-state index in [0.717, 1.165) is 17.1 Å². The number of carbonyl (C=O) groups is 1. The van der Waals surface area contributed by atoms with E-state index >= 15 is 0 Å². The Morgan fingerprint density at radius 3 is 2.14 bits per heavy atom. The Labute approximate surface area is 141 Å². The van der Waals surface area contributed by atoms with Crippen LogP contribution in [0.4, 0.5) is 0 Å². The third kappa shape index (κ3) is 4.30. The summed E-state index contributed by atoms with van der Waals surface area (Å²) in [5, 5.41) is 0. The van der Waals surface area contributed by atoms with Crippen LogP contribution in [0.1, 0.15) is 37.0 Å². The highest BCUT2D eigenvalue weighted by Crippen LogP contribution is 2.25. The second-order valence-electron chi connectivity index (χ2n) is 5.22. The molecule has 0 spiro atoms. The summed E-state index contributed by atoms with van der Waals surface area (Å²) in [6.07, 6.45) is 1.73. The molecular weight excluding hydrogens is 368 g/mol. The van der Waals surface area contributed by atoms with Gasteiger partial charge >= 0.3 is 0 Å². The molecule has 1 rings (SSSR count). The molecule has 1 aromatic carbocycles. The highest BCUT2D eigenvalue weighted by atomic mass is 79.9. The zero-order valence-electron chi connectivity index (χ0n) is 13.5. The molecule has 1 amide bonds. The molecule has 5 nitrogen and oxygen atoms in total. The maximum Gasteiger partial charge on any atom is 0.253 e. The van der Waals surface area contributed by atoms with E-state index in [1.165, 1.54) is 20.2 Å². The van der Waals surface area contributed by atoms with E-state index in [2.05, 4.69) is 15.9 Å². The molecule has 0 fully saturated rings. The van der Waals surface area contributed by atoms with E-state index in [9.17, 15) is 13.2 Å². The van der Waals surface area contributed by atoms with Crippen LogP contribution in [0.25, 0.3) is 0 Å². The van der Waals surface area contributed by atoms with E-state index in [-0.39, 0.29) is 10.8 Å². The number of sulfonamides is 1. The van der Waals surface area contributed by atoms with Crippen molar-refractivity contribution in [3.05, 3.63) is 28.2 Å². The Kier molecular flexibility index (Phi) is 7.02. The van der Waals surface area contributed by atoms with E-state index < -0.39 is 10.0 Å². The van der Waals surface area contributed by atoms with Crippen molar-refractivity contribution in [2.24, 2.45) is 0 Å². The first-order valence-corrected chi connectivity index (χ1v) is 9.50. The molecule has 1 aromatic rings. The fourth-order valence-corrected chi connectivity index (χ4v) is 3.91. The molecule has 0 saturated carbocycles. The molecule has 0 unspecified atom stereocenters. The Balaban J connectivity index is 3.25. The number of rotatable bonds is 7. The van der Waals surface area contributed by atoms with Crippen LogP contribution in [0, 0.1) is 0 Å². The molecule has 124 valence electrons. The van der Waals surface area contributed by atoms with E-state index in [0.29, 0.717) is 23.1 Å². The third-order valence-electron chi connectivity index (χ3n) is 3.21. The molecular formula is C15H23BrN2O3S. The maximum absolute atomic E-state index is 12.6. The van der Waals surface area contributed by atoms with Crippen molar-refractivity contribution in [3.63, 3.8) is 0 Å². The largest absolute Gasteiger partial charge is 0.339 e. The number of benzene rings is 1. The van der Waals surface area contributed by atoms with Gasteiger partial charge in [0.15, 0.2) is 0 Å². The molecule has 7 heteroatoms. The number of halogens is 1. The van der Waals surface area contributed by atoms with Crippen LogP contribution in [0.2, 0.25) is 0 Å². The Morgan fingerprint density at radius 2 is 1.68 bits per heavy atom. The van der Waals surface area contributed by atoms with Gasteiger partial charge in [0.2, 0.25) is 10.0 Å². The Hall–Kier alpha value is -0.920. The number of carbonyl (C=O) groups excluding carboxylic acids is 1. The number of hydrogen-bond acceptors (Lipinski definition) is 3. The molecule has 0 atom stereocenters. The van der Waals surface area contributed by atoms with Gasteiger partial charge in [0.1, 0.15) is 0 Å². The van der Waals surface area contributed by atoms with Crippen LogP contribution in [-0.2, 0) is 10.0 Å².